The summed E-state index contributed by atoms with van der Waals surface area (Å²) in [6.07, 6.45) is 60.2. The van der Waals surface area contributed by atoms with Gasteiger partial charge < -0.3 is 29.7 Å². The molecular weight excluding hydrogens is 1030 g/mol. The van der Waals surface area contributed by atoms with Crippen LogP contribution in [0.3, 0.4) is 0 Å². The van der Waals surface area contributed by atoms with Crippen molar-refractivity contribution in [2.45, 2.75) is 329 Å². The molecule has 0 heterocycles. The molecule has 0 aromatic rings. The van der Waals surface area contributed by atoms with Gasteiger partial charge in [0.2, 0.25) is 0 Å². The number of hydrogen-bond acceptors (Lipinski definition) is 9. The number of carboxylic acids is 3. The monoisotopic (exact) mass is 1150 g/mol. The van der Waals surface area contributed by atoms with Gasteiger partial charge in [0.05, 0.1) is 0 Å². The number of rotatable bonds is 54. The first kappa shape index (κ1) is 76.8. The first-order chi connectivity index (χ1) is 33.7. The minimum Gasteiger partial charge on any atom is -0.550 e. The van der Waals surface area contributed by atoms with E-state index in [1.54, 1.807) is 0 Å². The summed E-state index contributed by atoms with van der Waals surface area (Å²) < 4.78 is 0. The summed E-state index contributed by atoms with van der Waals surface area (Å²) in [5, 5.41) is 32.7. The molecule has 0 aliphatic heterocycles. The molecule has 0 rings (SSSR count). The van der Waals surface area contributed by atoms with Crippen LogP contribution in [0.5, 0.6) is 0 Å². The third-order valence-corrected chi connectivity index (χ3v) is 14.9. The molecule has 70 heavy (non-hydrogen) atoms. The molecule has 0 saturated carbocycles. The number of carbonyl (C=O) groups is 3. The molecule has 0 aliphatic rings. The normalized spacial score (nSPS) is 12.3. The van der Waals surface area contributed by atoms with E-state index in [1.807, 2.05) is 0 Å². The zero-order valence-corrected chi connectivity index (χ0v) is 51.8. The maximum Gasteiger partial charge on any atom is 3.00 e. The molecule has 10 heteroatoms. The van der Waals surface area contributed by atoms with Gasteiger partial charge >= 0.3 is 24.4 Å². The molecule has 416 valence electrons. The minimum absolute atomic E-state index is 0. The van der Waals surface area contributed by atoms with Crippen molar-refractivity contribution in [3.63, 3.8) is 0 Å². The molecule has 0 fully saturated rings. The third kappa shape index (κ3) is 64.4. The van der Waals surface area contributed by atoms with Gasteiger partial charge in [-0.1, -0.05) is 290 Å². The van der Waals surface area contributed by atoms with Gasteiger partial charge in [0.25, 0.3) is 0 Å². The Morgan fingerprint density at radius 3 is 0.500 bits per heavy atom. The molecule has 2 radical (unpaired) electrons. The molecule has 0 aromatic carbocycles. The van der Waals surface area contributed by atoms with Crippen molar-refractivity contribution in [2.75, 3.05) is 17.3 Å². The number of unbranched alkanes of at least 4 members (excludes halogenated alkanes) is 39. The average molecular weight is 1150 g/mol. The van der Waals surface area contributed by atoms with Crippen molar-refractivity contribution in [1.29, 1.82) is 0 Å². The summed E-state index contributed by atoms with van der Waals surface area (Å²) in [6.45, 7) is 6.80. The Morgan fingerprint density at radius 2 is 0.386 bits per heavy atom. The van der Waals surface area contributed by atoms with Gasteiger partial charge in [-0.25, -0.2) is 0 Å². The Hall–Kier alpha value is 0.278. The molecule has 3 atom stereocenters. The smallest absolute Gasteiger partial charge is 0.550 e. The van der Waals surface area contributed by atoms with E-state index in [0.717, 1.165) is 57.8 Å². The van der Waals surface area contributed by atoms with Crippen molar-refractivity contribution in [2.24, 2.45) is 17.8 Å². The maximum absolute atomic E-state index is 10.9. The van der Waals surface area contributed by atoms with E-state index in [9.17, 15) is 29.7 Å². The van der Waals surface area contributed by atoms with Crippen molar-refractivity contribution in [3.05, 3.63) is 0 Å². The van der Waals surface area contributed by atoms with Gasteiger partial charge in [0.15, 0.2) is 0 Å². The minimum atomic E-state index is -0.895. The summed E-state index contributed by atoms with van der Waals surface area (Å²) in [4.78, 5) is 32.7. The van der Waals surface area contributed by atoms with Crippen molar-refractivity contribution < 1.29 is 29.7 Å². The van der Waals surface area contributed by atoms with Crippen LogP contribution < -0.4 is 15.3 Å². The van der Waals surface area contributed by atoms with Gasteiger partial charge in [-0.3, -0.25) is 0 Å². The average Bonchev–Trinajstić information content (AvgIpc) is 3.33. The van der Waals surface area contributed by atoms with Crippen LogP contribution in [-0.4, -0.2) is 59.6 Å². The van der Waals surface area contributed by atoms with E-state index in [-0.39, 0.29) is 42.2 Å². The van der Waals surface area contributed by atoms with E-state index in [4.69, 9.17) is 0 Å². The Kier molecular flexibility index (Phi) is 73.8. The van der Waals surface area contributed by atoms with Crippen molar-refractivity contribution >= 4 is 80.2 Å². The van der Waals surface area contributed by atoms with Gasteiger partial charge in [0, 0.05) is 17.9 Å². The molecule has 0 aliphatic carbocycles. The van der Waals surface area contributed by atoms with Crippen molar-refractivity contribution in [3.8, 4) is 0 Å². The Labute approximate surface area is 470 Å². The first-order valence-electron chi connectivity index (χ1n) is 30.1. The van der Waals surface area contributed by atoms with Crippen molar-refractivity contribution in [1.82, 2.24) is 0 Å². The van der Waals surface area contributed by atoms with Gasteiger partial charge in [-0.15, -0.1) is 0 Å². The van der Waals surface area contributed by atoms with Crippen LogP contribution in [0.2, 0.25) is 0 Å². The van der Waals surface area contributed by atoms with E-state index < -0.39 is 17.9 Å². The van der Waals surface area contributed by atoms with E-state index in [2.05, 4.69) is 58.7 Å². The second-order valence-corrected chi connectivity index (χ2v) is 22.1. The molecule has 3 unspecified atom stereocenters. The first-order valence-corrected chi connectivity index (χ1v) is 32.0. The van der Waals surface area contributed by atoms with Gasteiger partial charge in [-0.2, -0.15) is 37.9 Å². The fourth-order valence-electron chi connectivity index (χ4n) is 9.36. The second kappa shape index (κ2) is 67.3. The van der Waals surface area contributed by atoms with Crippen LogP contribution in [0.15, 0.2) is 0 Å². The third-order valence-electron chi connectivity index (χ3n) is 14.2. The van der Waals surface area contributed by atoms with Crippen LogP contribution in [0.25, 0.3) is 0 Å². The molecule has 0 spiro atoms. The SMILES string of the molecule is CCCCCCCCCCCCCCCCC(CCS)C(=O)[O-].CCCCCCCCCCCCCCCCC(CCS)C(=O)[O-].CCCCCCCCCCCCCCCCC(CCS)C(=O)[O-].[Sb+3]. The molecule has 0 amide bonds. The molecular formula is C60H117O6S3Sb. The van der Waals surface area contributed by atoms with Crippen LogP contribution in [0.1, 0.15) is 329 Å². The summed E-state index contributed by atoms with van der Waals surface area (Å²) >= 11 is 12.3. The summed E-state index contributed by atoms with van der Waals surface area (Å²) in [5.74, 6) is -1.64. The fourth-order valence-corrected chi connectivity index (χ4v) is 10.3. The number of aliphatic carboxylic acids is 3. The van der Waals surface area contributed by atoms with Crippen LogP contribution >= 0.6 is 37.9 Å². The molecule has 6 nitrogen and oxygen atoms in total. The quantitative estimate of drug-likeness (QED) is 0.0317. The number of thiol groups is 3. The molecule has 0 aromatic heterocycles. The predicted molar refractivity (Wildman–Crippen MR) is 311 cm³/mol. The Morgan fingerprint density at radius 1 is 0.257 bits per heavy atom. The zero-order valence-electron chi connectivity index (χ0n) is 46.5. The Bertz CT molecular complexity index is 899. The van der Waals surface area contributed by atoms with E-state index in [0.29, 0.717) is 36.5 Å². The maximum atomic E-state index is 10.9. The predicted octanol–water partition coefficient (Wildman–Crippen LogP) is 16.3. The molecule has 0 bridgehead atoms. The van der Waals surface area contributed by atoms with Gasteiger partial charge in [0.1, 0.15) is 0 Å². The zero-order chi connectivity index (χ0) is 51.5. The van der Waals surface area contributed by atoms with Crippen LogP contribution in [0, 0.1) is 17.8 Å². The molecule has 0 N–H and O–H groups in total. The number of carboxylic acid groups (broad SMARTS) is 3. The van der Waals surface area contributed by atoms with Gasteiger partial charge in [-0.05, 0) is 73.5 Å². The number of hydrogen-bond donors (Lipinski definition) is 3. The van der Waals surface area contributed by atoms with Crippen LogP contribution in [0.4, 0.5) is 0 Å². The largest absolute Gasteiger partial charge is 3.00 e. The van der Waals surface area contributed by atoms with Crippen LogP contribution in [-0.2, 0) is 14.4 Å². The van der Waals surface area contributed by atoms with E-state index in [1.165, 1.54) is 231 Å². The standard InChI is InChI=1S/3C20H40O2S.Sb/c3*1-2-3-4-5-6-7-8-9-10-11-12-13-14-15-16-19(17-18-23)20(21)22;/h3*19,23H,2-18H2,1H3,(H,21,22);/q;;;+3/p-3. The second-order valence-electron chi connectivity index (χ2n) is 20.7. The van der Waals surface area contributed by atoms with E-state index >= 15 is 0 Å². The summed E-state index contributed by atoms with van der Waals surface area (Å²) in [6, 6.07) is 0. The molecule has 0 saturated heterocycles. The number of carbonyl (C=O) groups excluding carboxylic acids is 3. The fraction of sp³-hybridized carbons (Fsp3) is 0.950. The topological polar surface area (TPSA) is 120 Å². The summed E-state index contributed by atoms with van der Waals surface area (Å²) in [7, 11) is 0. The Balaban J connectivity index is -0.000000463. The summed E-state index contributed by atoms with van der Waals surface area (Å²) in [5.41, 5.74) is 0.